The van der Waals surface area contributed by atoms with Crippen LogP contribution in [0.2, 0.25) is 0 Å². The molecule has 2 heterocycles. The van der Waals surface area contributed by atoms with Gasteiger partial charge in [-0.15, -0.1) is 0 Å². The summed E-state index contributed by atoms with van der Waals surface area (Å²) in [6.07, 6.45) is 6.12. The number of anilines is 1. The first-order valence-corrected chi connectivity index (χ1v) is 6.53. The van der Waals surface area contributed by atoms with Gasteiger partial charge in [0.2, 0.25) is 0 Å². The first-order valence-electron chi connectivity index (χ1n) is 6.53. The van der Waals surface area contributed by atoms with Gasteiger partial charge in [0, 0.05) is 32.9 Å². The van der Waals surface area contributed by atoms with Crippen LogP contribution in [0.5, 0.6) is 0 Å². The smallest absolute Gasteiger partial charge is 0.147 e. The van der Waals surface area contributed by atoms with Crippen molar-refractivity contribution >= 4 is 5.82 Å². The molecule has 1 atom stereocenters. The summed E-state index contributed by atoms with van der Waals surface area (Å²) >= 11 is 0. The Morgan fingerprint density at radius 3 is 3.17 bits per heavy atom. The lowest BCUT2D eigenvalue weighted by molar-refractivity contribution is 0.143. The van der Waals surface area contributed by atoms with Crippen molar-refractivity contribution in [2.75, 3.05) is 38.8 Å². The van der Waals surface area contributed by atoms with E-state index in [1.165, 1.54) is 12.8 Å². The molecule has 1 saturated heterocycles. The number of hydrogen-bond donors (Lipinski definition) is 1. The van der Waals surface area contributed by atoms with E-state index in [1.807, 2.05) is 19.4 Å². The van der Waals surface area contributed by atoms with Gasteiger partial charge in [-0.3, -0.25) is 4.98 Å². The third kappa shape index (κ3) is 3.40. The number of hydrogen-bond acceptors (Lipinski definition) is 5. The summed E-state index contributed by atoms with van der Waals surface area (Å²) in [5, 5.41) is 3.10. The molecule has 18 heavy (non-hydrogen) atoms. The van der Waals surface area contributed by atoms with Gasteiger partial charge >= 0.3 is 0 Å². The fraction of sp³-hybridized carbons (Fsp3) is 0.692. The summed E-state index contributed by atoms with van der Waals surface area (Å²) in [7, 11) is 3.69. The highest BCUT2D eigenvalue weighted by Crippen LogP contribution is 2.21. The Kier molecular flexibility index (Phi) is 4.90. The molecule has 1 N–H and O–H groups in total. The zero-order chi connectivity index (χ0) is 12.8. The minimum absolute atomic E-state index is 0.610. The van der Waals surface area contributed by atoms with Crippen LogP contribution in [0.1, 0.15) is 18.5 Å². The molecular formula is C13H22N4O. The van der Waals surface area contributed by atoms with Crippen molar-refractivity contribution in [2.45, 2.75) is 19.4 Å². The fourth-order valence-corrected chi connectivity index (χ4v) is 2.46. The maximum Gasteiger partial charge on any atom is 0.147 e. The number of aromatic nitrogens is 2. The fourth-order valence-electron chi connectivity index (χ4n) is 2.46. The van der Waals surface area contributed by atoms with Crippen molar-refractivity contribution in [1.29, 1.82) is 0 Å². The van der Waals surface area contributed by atoms with E-state index >= 15 is 0 Å². The molecule has 0 bridgehead atoms. The van der Waals surface area contributed by atoms with E-state index in [9.17, 15) is 0 Å². The summed E-state index contributed by atoms with van der Waals surface area (Å²) < 4.78 is 5.26. The van der Waals surface area contributed by atoms with E-state index < -0.39 is 0 Å². The van der Waals surface area contributed by atoms with E-state index in [4.69, 9.17) is 4.74 Å². The maximum absolute atomic E-state index is 5.26. The number of rotatable bonds is 5. The molecule has 0 spiro atoms. The number of methoxy groups -OCH3 is 1. The third-order valence-corrected chi connectivity index (χ3v) is 3.27. The highest BCUT2D eigenvalue weighted by Gasteiger charge is 2.21. The van der Waals surface area contributed by atoms with Crippen LogP contribution in [0.3, 0.4) is 0 Å². The highest BCUT2D eigenvalue weighted by molar-refractivity contribution is 5.37. The highest BCUT2D eigenvalue weighted by atomic mass is 16.5. The van der Waals surface area contributed by atoms with Gasteiger partial charge in [-0.1, -0.05) is 0 Å². The van der Waals surface area contributed by atoms with Crippen LogP contribution in [0.4, 0.5) is 5.82 Å². The topological polar surface area (TPSA) is 50.3 Å². The molecule has 100 valence electrons. The normalized spacial score (nSPS) is 20.1. The lowest BCUT2D eigenvalue weighted by atomic mass is 9.99. The van der Waals surface area contributed by atoms with Crippen molar-refractivity contribution in [3.05, 3.63) is 18.1 Å². The SMILES string of the molecule is CNCc1cncc(N2CCCC(COC)C2)n1. The molecule has 1 unspecified atom stereocenters. The molecule has 1 aliphatic heterocycles. The number of nitrogens with one attached hydrogen (secondary N) is 1. The van der Waals surface area contributed by atoms with Gasteiger partial charge in [0.15, 0.2) is 0 Å². The van der Waals surface area contributed by atoms with Crippen molar-refractivity contribution in [1.82, 2.24) is 15.3 Å². The third-order valence-electron chi connectivity index (χ3n) is 3.27. The molecule has 1 aromatic rings. The molecule has 0 aromatic carbocycles. The predicted octanol–water partition coefficient (Wildman–Crippen LogP) is 1.06. The molecule has 5 nitrogen and oxygen atoms in total. The number of piperidine rings is 1. The molecule has 0 amide bonds. The van der Waals surface area contributed by atoms with E-state index in [-0.39, 0.29) is 0 Å². The number of nitrogens with zero attached hydrogens (tertiary/aromatic N) is 3. The second-order valence-corrected chi connectivity index (χ2v) is 4.81. The quantitative estimate of drug-likeness (QED) is 0.847. The summed E-state index contributed by atoms with van der Waals surface area (Å²) in [6.45, 7) is 3.68. The maximum atomic E-state index is 5.26. The van der Waals surface area contributed by atoms with Crippen LogP contribution >= 0.6 is 0 Å². The van der Waals surface area contributed by atoms with Crippen molar-refractivity contribution in [3.63, 3.8) is 0 Å². The average molecular weight is 250 g/mol. The van der Waals surface area contributed by atoms with Crippen LogP contribution in [0, 0.1) is 5.92 Å². The molecule has 2 rings (SSSR count). The molecule has 0 saturated carbocycles. The molecule has 0 radical (unpaired) electrons. The van der Waals surface area contributed by atoms with Crippen LogP contribution in [0.25, 0.3) is 0 Å². The van der Waals surface area contributed by atoms with Gasteiger partial charge in [0.05, 0.1) is 18.5 Å². The van der Waals surface area contributed by atoms with Gasteiger partial charge in [-0.25, -0.2) is 4.98 Å². The van der Waals surface area contributed by atoms with Gasteiger partial charge in [0.1, 0.15) is 5.82 Å². The predicted molar refractivity (Wildman–Crippen MR) is 71.6 cm³/mol. The zero-order valence-electron chi connectivity index (χ0n) is 11.2. The Morgan fingerprint density at radius 2 is 2.39 bits per heavy atom. The monoisotopic (exact) mass is 250 g/mol. The van der Waals surface area contributed by atoms with E-state index in [0.29, 0.717) is 5.92 Å². The van der Waals surface area contributed by atoms with Crippen LogP contribution in [0.15, 0.2) is 12.4 Å². The van der Waals surface area contributed by atoms with Crippen molar-refractivity contribution in [3.8, 4) is 0 Å². The Labute approximate surface area is 109 Å². The average Bonchev–Trinajstić information content (AvgIpc) is 2.40. The molecule has 1 aromatic heterocycles. The van der Waals surface area contributed by atoms with Gasteiger partial charge < -0.3 is 15.0 Å². The van der Waals surface area contributed by atoms with Gasteiger partial charge in [-0.2, -0.15) is 0 Å². The van der Waals surface area contributed by atoms with Crippen LogP contribution < -0.4 is 10.2 Å². The van der Waals surface area contributed by atoms with E-state index in [2.05, 4.69) is 20.2 Å². The Hall–Kier alpha value is -1.20. The van der Waals surface area contributed by atoms with Crippen LogP contribution in [-0.4, -0.2) is 43.8 Å². The van der Waals surface area contributed by atoms with E-state index in [0.717, 1.165) is 37.8 Å². The summed E-state index contributed by atoms with van der Waals surface area (Å²) in [4.78, 5) is 11.2. The Balaban J connectivity index is 2.03. The number of ether oxygens (including phenoxy) is 1. The molecule has 1 fully saturated rings. The van der Waals surface area contributed by atoms with Gasteiger partial charge in [-0.05, 0) is 25.8 Å². The molecule has 5 heteroatoms. The summed E-state index contributed by atoms with van der Waals surface area (Å²) in [6, 6.07) is 0. The largest absolute Gasteiger partial charge is 0.384 e. The summed E-state index contributed by atoms with van der Waals surface area (Å²) in [5.41, 5.74) is 0.990. The minimum Gasteiger partial charge on any atom is -0.384 e. The zero-order valence-corrected chi connectivity index (χ0v) is 11.2. The standard InChI is InChI=1S/C13H22N4O/c1-14-6-12-7-15-8-13(16-12)17-5-3-4-11(9-17)10-18-2/h7-8,11,14H,3-6,9-10H2,1-2H3. The Bertz CT molecular complexity index is 370. The lowest BCUT2D eigenvalue weighted by Gasteiger charge is -2.33. The van der Waals surface area contributed by atoms with E-state index in [1.54, 1.807) is 7.11 Å². The van der Waals surface area contributed by atoms with Gasteiger partial charge in [0.25, 0.3) is 0 Å². The molecule has 1 aliphatic rings. The minimum atomic E-state index is 0.610. The summed E-state index contributed by atoms with van der Waals surface area (Å²) in [5.74, 6) is 1.60. The Morgan fingerprint density at radius 1 is 1.50 bits per heavy atom. The first kappa shape index (κ1) is 13.2. The first-order chi connectivity index (χ1) is 8.83. The second-order valence-electron chi connectivity index (χ2n) is 4.81. The molecular weight excluding hydrogens is 228 g/mol. The lowest BCUT2D eigenvalue weighted by Crippen LogP contribution is -2.37. The molecule has 0 aliphatic carbocycles. The van der Waals surface area contributed by atoms with Crippen molar-refractivity contribution < 1.29 is 4.74 Å². The van der Waals surface area contributed by atoms with Crippen molar-refractivity contribution in [2.24, 2.45) is 5.92 Å². The second kappa shape index (κ2) is 6.66. The van der Waals surface area contributed by atoms with Crippen LogP contribution in [-0.2, 0) is 11.3 Å².